The number of aliphatic hydroxyl groups is 1. The second-order valence-corrected chi connectivity index (χ2v) is 7.24. The predicted octanol–water partition coefficient (Wildman–Crippen LogP) is 0.536. The zero-order valence-corrected chi connectivity index (χ0v) is 14.9. The molecule has 0 bridgehead atoms. The van der Waals surface area contributed by atoms with Crippen LogP contribution in [-0.4, -0.2) is 42.7 Å². The summed E-state index contributed by atoms with van der Waals surface area (Å²) in [7, 11) is -4.69. The average molecular weight is 388 g/mol. The van der Waals surface area contributed by atoms with Crippen molar-refractivity contribution in [1.82, 2.24) is 10.3 Å². The number of nitrogens with one attached hydrogen (secondary N) is 1. The molecule has 0 saturated heterocycles. The van der Waals surface area contributed by atoms with Gasteiger partial charge < -0.3 is 30.4 Å². The average Bonchev–Trinajstić information content (AvgIpc) is 2.97. The molecule has 26 heavy (non-hydrogen) atoms. The third-order valence-electron chi connectivity index (χ3n) is 4.21. The molecule has 1 aromatic heterocycles. The van der Waals surface area contributed by atoms with E-state index in [1.807, 2.05) is 0 Å². The molecule has 144 valence electrons. The summed E-state index contributed by atoms with van der Waals surface area (Å²) in [6.45, 7) is 0.897. The number of aliphatic carboxylic acids is 1. The van der Waals surface area contributed by atoms with E-state index in [1.54, 1.807) is 6.92 Å². The SMILES string of the molecule is Cc1ncc(COP(=O)(O)O)c(CNC2=C(CO)C[C@H](C(=O)O)C2)c1O. The van der Waals surface area contributed by atoms with Gasteiger partial charge in [0.15, 0.2) is 0 Å². The number of carbonyl (C=O) groups is 1. The number of nitrogens with zero attached hydrogens (tertiary/aromatic N) is 1. The fourth-order valence-electron chi connectivity index (χ4n) is 2.77. The number of phosphoric acid groups is 1. The van der Waals surface area contributed by atoms with Crippen LogP contribution in [0, 0.1) is 12.8 Å². The summed E-state index contributed by atoms with van der Waals surface area (Å²) in [5, 5.41) is 31.8. The van der Waals surface area contributed by atoms with E-state index < -0.39 is 26.3 Å². The van der Waals surface area contributed by atoms with Crippen LogP contribution in [0.15, 0.2) is 17.5 Å². The summed E-state index contributed by atoms with van der Waals surface area (Å²) >= 11 is 0. The Balaban J connectivity index is 2.19. The molecule has 1 atom stereocenters. The number of rotatable bonds is 8. The van der Waals surface area contributed by atoms with E-state index in [4.69, 9.17) is 14.9 Å². The number of aliphatic hydroxyl groups excluding tert-OH is 1. The monoisotopic (exact) mass is 388 g/mol. The number of phosphoric ester groups is 1. The smallest absolute Gasteiger partial charge is 0.469 e. The van der Waals surface area contributed by atoms with Gasteiger partial charge in [0.1, 0.15) is 5.75 Å². The molecule has 0 aliphatic heterocycles. The molecule has 1 heterocycles. The molecular weight excluding hydrogens is 367 g/mol. The Morgan fingerprint density at radius 1 is 1.42 bits per heavy atom. The summed E-state index contributed by atoms with van der Waals surface area (Å²) in [5.41, 5.74) is 2.09. The lowest BCUT2D eigenvalue weighted by molar-refractivity contribution is -0.141. The molecule has 0 unspecified atom stereocenters. The minimum Gasteiger partial charge on any atom is -0.506 e. The molecule has 1 aliphatic carbocycles. The number of aromatic hydroxyl groups is 1. The van der Waals surface area contributed by atoms with Crippen LogP contribution in [0.4, 0.5) is 0 Å². The van der Waals surface area contributed by atoms with E-state index in [2.05, 4.69) is 14.8 Å². The molecule has 0 spiro atoms. The molecule has 11 heteroatoms. The maximum atomic E-state index is 11.1. The zero-order valence-electron chi connectivity index (χ0n) is 14.0. The van der Waals surface area contributed by atoms with Gasteiger partial charge >= 0.3 is 13.8 Å². The highest BCUT2D eigenvalue weighted by Crippen LogP contribution is 2.38. The van der Waals surface area contributed by atoms with Crippen LogP contribution in [0.5, 0.6) is 5.75 Å². The van der Waals surface area contributed by atoms with Crippen molar-refractivity contribution in [2.24, 2.45) is 5.92 Å². The van der Waals surface area contributed by atoms with Crippen molar-refractivity contribution in [3.63, 3.8) is 0 Å². The van der Waals surface area contributed by atoms with Gasteiger partial charge in [-0.1, -0.05) is 0 Å². The summed E-state index contributed by atoms with van der Waals surface area (Å²) in [5.74, 6) is -1.72. The number of carboxylic acids is 1. The van der Waals surface area contributed by atoms with Crippen LogP contribution in [0.2, 0.25) is 0 Å². The molecule has 2 rings (SSSR count). The van der Waals surface area contributed by atoms with E-state index in [1.165, 1.54) is 6.20 Å². The Labute approximate surface area is 149 Å². The van der Waals surface area contributed by atoms with Crippen LogP contribution in [0.1, 0.15) is 29.7 Å². The van der Waals surface area contributed by atoms with Gasteiger partial charge in [0, 0.05) is 36.0 Å². The van der Waals surface area contributed by atoms with Crippen LogP contribution >= 0.6 is 7.82 Å². The van der Waals surface area contributed by atoms with Crippen molar-refractivity contribution < 1.29 is 39.0 Å². The van der Waals surface area contributed by atoms with Gasteiger partial charge in [-0.25, -0.2) is 4.57 Å². The van der Waals surface area contributed by atoms with Gasteiger partial charge in [-0.3, -0.25) is 14.3 Å². The Morgan fingerprint density at radius 2 is 2.12 bits per heavy atom. The van der Waals surface area contributed by atoms with Gasteiger partial charge in [-0.15, -0.1) is 0 Å². The topological polar surface area (TPSA) is 169 Å². The molecule has 10 nitrogen and oxygen atoms in total. The third-order valence-corrected chi connectivity index (χ3v) is 4.67. The van der Waals surface area contributed by atoms with E-state index in [-0.39, 0.29) is 37.3 Å². The third kappa shape index (κ3) is 5.03. The van der Waals surface area contributed by atoms with Crippen LogP contribution < -0.4 is 5.32 Å². The second-order valence-electron chi connectivity index (χ2n) is 6.00. The van der Waals surface area contributed by atoms with Gasteiger partial charge in [-0.2, -0.15) is 0 Å². The van der Waals surface area contributed by atoms with Gasteiger partial charge in [0.2, 0.25) is 0 Å². The molecule has 0 fully saturated rings. The van der Waals surface area contributed by atoms with Crippen molar-refractivity contribution in [1.29, 1.82) is 0 Å². The van der Waals surface area contributed by atoms with Crippen LogP contribution in [0.3, 0.4) is 0 Å². The molecular formula is C15H21N2O8P. The molecule has 0 saturated carbocycles. The van der Waals surface area contributed by atoms with Gasteiger partial charge in [0.25, 0.3) is 0 Å². The molecule has 1 aromatic rings. The first kappa shape index (κ1) is 20.3. The molecule has 6 N–H and O–H groups in total. The number of carboxylic acid groups (broad SMARTS) is 1. The Kier molecular flexibility index (Phi) is 6.38. The number of hydrogen-bond donors (Lipinski definition) is 6. The van der Waals surface area contributed by atoms with Crippen molar-refractivity contribution in [2.45, 2.75) is 32.9 Å². The lowest BCUT2D eigenvalue weighted by atomic mass is 10.1. The number of aryl methyl sites for hydroxylation is 1. The maximum absolute atomic E-state index is 11.1. The second kappa shape index (κ2) is 8.15. The number of pyridine rings is 1. The summed E-state index contributed by atoms with van der Waals surface area (Å²) in [6.07, 6.45) is 1.81. The highest BCUT2D eigenvalue weighted by Gasteiger charge is 2.29. The van der Waals surface area contributed by atoms with E-state index in [0.29, 0.717) is 22.5 Å². The minimum absolute atomic E-state index is 0.0558. The highest BCUT2D eigenvalue weighted by molar-refractivity contribution is 7.46. The maximum Gasteiger partial charge on any atom is 0.469 e. The molecule has 1 aliphatic rings. The van der Waals surface area contributed by atoms with Crippen molar-refractivity contribution in [2.75, 3.05) is 6.61 Å². The Hall–Kier alpha value is -1.97. The van der Waals surface area contributed by atoms with Crippen LogP contribution in [0.25, 0.3) is 0 Å². The largest absolute Gasteiger partial charge is 0.506 e. The summed E-state index contributed by atoms with van der Waals surface area (Å²) in [6, 6.07) is 0. The summed E-state index contributed by atoms with van der Waals surface area (Å²) < 4.78 is 15.4. The van der Waals surface area contributed by atoms with E-state index in [0.717, 1.165) is 0 Å². The van der Waals surface area contributed by atoms with Gasteiger partial charge in [-0.05, 0) is 18.9 Å². The first-order valence-corrected chi connectivity index (χ1v) is 9.30. The number of hydrogen-bond acceptors (Lipinski definition) is 7. The first-order chi connectivity index (χ1) is 12.1. The quantitative estimate of drug-likeness (QED) is 0.345. The standard InChI is InChI=1S/C15H21N2O8P/c1-8-14(19)12(11(4-16-8)7-25-26(22,23)24)5-17-13-3-9(15(20)21)2-10(13)6-18/h4,9,17-19H,2-3,5-7H2,1H3,(H,20,21)(H2,22,23,24)/t9-/m0/s1. The van der Waals surface area contributed by atoms with Crippen molar-refractivity contribution >= 4 is 13.8 Å². The number of aromatic nitrogens is 1. The minimum atomic E-state index is -4.69. The van der Waals surface area contributed by atoms with E-state index >= 15 is 0 Å². The van der Waals surface area contributed by atoms with Crippen molar-refractivity contribution in [3.05, 3.63) is 34.3 Å². The Morgan fingerprint density at radius 3 is 2.69 bits per heavy atom. The molecule has 0 radical (unpaired) electrons. The van der Waals surface area contributed by atoms with Crippen LogP contribution in [-0.2, 0) is 27.0 Å². The first-order valence-electron chi connectivity index (χ1n) is 7.77. The Bertz CT molecular complexity index is 773. The lowest BCUT2D eigenvalue weighted by Gasteiger charge is -2.16. The van der Waals surface area contributed by atoms with Crippen molar-refractivity contribution in [3.8, 4) is 5.75 Å². The predicted molar refractivity (Wildman–Crippen MR) is 88.8 cm³/mol. The summed E-state index contributed by atoms with van der Waals surface area (Å²) in [4.78, 5) is 32.8. The van der Waals surface area contributed by atoms with Gasteiger partial charge in [0.05, 0.1) is 24.8 Å². The normalized spacial score (nSPS) is 17.6. The van der Waals surface area contributed by atoms with E-state index in [9.17, 15) is 19.6 Å². The molecule has 0 aromatic carbocycles. The zero-order chi connectivity index (χ0) is 19.5. The highest BCUT2D eigenvalue weighted by atomic mass is 31.2. The fourth-order valence-corrected chi connectivity index (χ4v) is 3.08. The fraction of sp³-hybridized carbons (Fsp3) is 0.467. The molecule has 0 amide bonds. The lowest BCUT2D eigenvalue weighted by Crippen LogP contribution is -2.17. The number of allylic oxidation sites excluding steroid dienone is 1.